The molecule has 0 aliphatic heterocycles. The molecule has 2 aromatic rings. The number of tetrazole rings is 1. The van der Waals surface area contributed by atoms with Gasteiger partial charge in [-0.05, 0) is 29.8 Å². The molecular weight excluding hydrogens is 270 g/mol. The molecule has 9 heteroatoms. The fourth-order valence-corrected chi connectivity index (χ4v) is 2.43. The van der Waals surface area contributed by atoms with Gasteiger partial charge < -0.3 is 5.11 Å². The third-order valence-electron chi connectivity index (χ3n) is 2.38. The van der Waals surface area contributed by atoms with E-state index in [1.807, 2.05) is 0 Å². The molecule has 1 aromatic carbocycles. The van der Waals surface area contributed by atoms with E-state index in [1.54, 1.807) is 19.1 Å². The Bertz CT molecular complexity index is 680. The van der Waals surface area contributed by atoms with Crippen LogP contribution in [0.2, 0.25) is 0 Å². The van der Waals surface area contributed by atoms with Crippen LogP contribution >= 0.6 is 0 Å². The Hall–Kier alpha value is -2.00. The molecule has 0 aliphatic rings. The molecule has 0 saturated carbocycles. The van der Waals surface area contributed by atoms with E-state index in [9.17, 15) is 13.5 Å². The number of sulfonamides is 1. The number of hydrogen-bond donors (Lipinski definition) is 2. The van der Waals surface area contributed by atoms with Gasteiger partial charge in [-0.3, -0.25) is 0 Å². The Morgan fingerprint density at radius 2 is 2.16 bits per heavy atom. The normalized spacial score (nSPS) is 13.2. The van der Waals surface area contributed by atoms with Gasteiger partial charge in [0.25, 0.3) is 16.0 Å². The van der Waals surface area contributed by atoms with Crippen molar-refractivity contribution in [2.24, 2.45) is 7.05 Å². The summed E-state index contributed by atoms with van der Waals surface area (Å²) >= 11 is 0. The van der Waals surface area contributed by atoms with Crippen molar-refractivity contribution in [1.29, 1.82) is 0 Å². The predicted molar refractivity (Wildman–Crippen MR) is 66.7 cm³/mol. The molecule has 1 atom stereocenters. The fourth-order valence-electron chi connectivity index (χ4n) is 1.45. The highest BCUT2D eigenvalue weighted by Gasteiger charge is 2.17. The maximum absolute atomic E-state index is 12.1. The lowest BCUT2D eigenvalue weighted by atomic mass is 10.1. The first-order valence-corrected chi connectivity index (χ1v) is 6.91. The van der Waals surface area contributed by atoms with Crippen molar-refractivity contribution in [1.82, 2.24) is 20.2 Å². The molecule has 102 valence electrons. The van der Waals surface area contributed by atoms with Crippen molar-refractivity contribution in [3.63, 3.8) is 0 Å². The van der Waals surface area contributed by atoms with Crippen molar-refractivity contribution in [3.8, 4) is 0 Å². The van der Waals surface area contributed by atoms with Gasteiger partial charge in [0.05, 0.1) is 18.0 Å². The SMILES string of the molecule is CC(O)c1cccc(S(=O)(=O)Nc2nnn(C)n2)c1. The molecule has 2 N–H and O–H groups in total. The average Bonchev–Trinajstić information content (AvgIpc) is 2.74. The van der Waals surface area contributed by atoms with Gasteiger partial charge in [0.1, 0.15) is 0 Å². The van der Waals surface area contributed by atoms with Crippen molar-refractivity contribution in [3.05, 3.63) is 29.8 Å². The lowest BCUT2D eigenvalue weighted by molar-refractivity contribution is 0.199. The molecular formula is C10H13N5O3S. The van der Waals surface area contributed by atoms with Crippen molar-refractivity contribution >= 4 is 16.0 Å². The van der Waals surface area contributed by atoms with E-state index in [2.05, 4.69) is 20.1 Å². The molecule has 1 heterocycles. The Morgan fingerprint density at radius 3 is 2.74 bits per heavy atom. The predicted octanol–water partition coefficient (Wildman–Crippen LogP) is 0.0642. The van der Waals surface area contributed by atoms with E-state index in [-0.39, 0.29) is 10.8 Å². The summed E-state index contributed by atoms with van der Waals surface area (Å²) in [5.41, 5.74) is 0.509. The smallest absolute Gasteiger partial charge is 0.277 e. The highest BCUT2D eigenvalue weighted by Crippen LogP contribution is 2.18. The van der Waals surface area contributed by atoms with Crippen LogP contribution in [0.4, 0.5) is 5.95 Å². The minimum atomic E-state index is -3.80. The monoisotopic (exact) mass is 283 g/mol. The second-order valence-electron chi connectivity index (χ2n) is 3.96. The lowest BCUT2D eigenvalue weighted by Gasteiger charge is -2.08. The number of aryl methyl sites for hydroxylation is 1. The molecule has 1 aromatic heterocycles. The van der Waals surface area contributed by atoms with Crippen molar-refractivity contribution in [2.45, 2.75) is 17.9 Å². The third-order valence-corrected chi connectivity index (χ3v) is 3.71. The Kier molecular flexibility index (Phi) is 3.49. The van der Waals surface area contributed by atoms with Crippen molar-refractivity contribution in [2.75, 3.05) is 4.72 Å². The fraction of sp³-hybridized carbons (Fsp3) is 0.300. The Labute approximate surface area is 110 Å². The van der Waals surface area contributed by atoms with E-state index in [1.165, 1.54) is 19.2 Å². The standard InChI is InChI=1S/C10H13N5O3S/c1-7(16)8-4-3-5-9(6-8)19(17,18)13-10-11-14-15(2)12-10/h3-7,16H,1-2H3,(H,12,13). The van der Waals surface area contributed by atoms with Crippen LogP contribution in [0.5, 0.6) is 0 Å². The van der Waals surface area contributed by atoms with Crippen LogP contribution in [0.25, 0.3) is 0 Å². The first-order valence-electron chi connectivity index (χ1n) is 5.43. The average molecular weight is 283 g/mol. The topological polar surface area (TPSA) is 110 Å². The molecule has 0 aliphatic carbocycles. The van der Waals surface area contributed by atoms with Gasteiger partial charge in [0.2, 0.25) is 0 Å². The van der Waals surface area contributed by atoms with E-state index >= 15 is 0 Å². The van der Waals surface area contributed by atoms with Gasteiger partial charge in [-0.15, -0.1) is 5.10 Å². The zero-order valence-corrected chi connectivity index (χ0v) is 11.2. The highest BCUT2D eigenvalue weighted by molar-refractivity contribution is 7.92. The molecule has 2 rings (SSSR count). The largest absolute Gasteiger partial charge is 0.389 e. The highest BCUT2D eigenvalue weighted by atomic mass is 32.2. The molecule has 0 saturated heterocycles. The first-order chi connectivity index (χ1) is 8.88. The van der Waals surface area contributed by atoms with E-state index in [4.69, 9.17) is 0 Å². The van der Waals surface area contributed by atoms with Crippen LogP contribution in [0.15, 0.2) is 29.2 Å². The van der Waals surface area contributed by atoms with Crippen LogP contribution in [0.1, 0.15) is 18.6 Å². The van der Waals surface area contributed by atoms with Gasteiger partial charge in [-0.2, -0.15) is 4.80 Å². The summed E-state index contributed by atoms with van der Waals surface area (Å²) in [5, 5.41) is 20.3. The zero-order chi connectivity index (χ0) is 14.0. The van der Waals surface area contributed by atoms with Crippen molar-refractivity contribution < 1.29 is 13.5 Å². The molecule has 0 fully saturated rings. The zero-order valence-electron chi connectivity index (χ0n) is 10.3. The van der Waals surface area contributed by atoms with Gasteiger partial charge in [-0.1, -0.05) is 17.2 Å². The molecule has 0 bridgehead atoms. The second kappa shape index (κ2) is 4.94. The maximum atomic E-state index is 12.1. The summed E-state index contributed by atoms with van der Waals surface area (Å²) in [4.78, 5) is 1.17. The van der Waals surface area contributed by atoms with Gasteiger partial charge in [0.15, 0.2) is 0 Å². The first kappa shape index (κ1) is 13.4. The van der Waals surface area contributed by atoms with Gasteiger partial charge in [-0.25, -0.2) is 13.1 Å². The van der Waals surface area contributed by atoms with E-state index < -0.39 is 16.1 Å². The van der Waals surface area contributed by atoms with E-state index in [0.717, 1.165) is 4.80 Å². The molecule has 0 spiro atoms. The van der Waals surface area contributed by atoms with Crippen LogP contribution < -0.4 is 4.72 Å². The van der Waals surface area contributed by atoms with Crippen LogP contribution in [-0.4, -0.2) is 33.7 Å². The van der Waals surface area contributed by atoms with Crippen LogP contribution in [0.3, 0.4) is 0 Å². The summed E-state index contributed by atoms with van der Waals surface area (Å²) < 4.78 is 26.4. The number of rotatable bonds is 4. The number of nitrogens with one attached hydrogen (secondary N) is 1. The van der Waals surface area contributed by atoms with Gasteiger partial charge >= 0.3 is 0 Å². The second-order valence-corrected chi connectivity index (χ2v) is 5.64. The number of anilines is 1. The third kappa shape index (κ3) is 3.06. The minimum absolute atomic E-state index is 0.0263. The Morgan fingerprint density at radius 1 is 1.42 bits per heavy atom. The van der Waals surface area contributed by atoms with E-state index in [0.29, 0.717) is 5.56 Å². The Balaban J connectivity index is 2.31. The molecule has 1 unspecified atom stereocenters. The number of benzene rings is 1. The summed E-state index contributed by atoms with van der Waals surface area (Å²) in [7, 11) is -2.27. The number of aromatic nitrogens is 4. The summed E-state index contributed by atoms with van der Waals surface area (Å²) in [6.07, 6.45) is -0.746. The summed E-state index contributed by atoms with van der Waals surface area (Å²) in [6, 6.07) is 6.01. The van der Waals surface area contributed by atoms with Crippen LogP contribution in [-0.2, 0) is 17.1 Å². The molecule has 0 amide bonds. The summed E-state index contributed by atoms with van der Waals surface area (Å²) in [5.74, 6) is -0.107. The quantitative estimate of drug-likeness (QED) is 0.821. The van der Waals surface area contributed by atoms with Gasteiger partial charge in [0, 0.05) is 0 Å². The number of aliphatic hydroxyl groups is 1. The number of nitrogens with zero attached hydrogens (tertiary/aromatic N) is 4. The summed E-state index contributed by atoms with van der Waals surface area (Å²) in [6.45, 7) is 1.56. The number of hydrogen-bond acceptors (Lipinski definition) is 6. The van der Waals surface area contributed by atoms with Crippen LogP contribution in [0, 0.1) is 0 Å². The molecule has 0 radical (unpaired) electrons. The lowest BCUT2D eigenvalue weighted by Crippen LogP contribution is -2.14. The minimum Gasteiger partial charge on any atom is -0.389 e. The number of aliphatic hydroxyl groups excluding tert-OH is 1. The maximum Gasteiger partial charge on any atom is 0.277 e. The molecule has 19 heavy (non-hydrogen) atoms. The molecule has 8 nitrogen and oxygen atoms in total.